The van der Waals surface area contributed by atoms with Crippen LogP contribution in [0.2, 0.25) is 0 Å². The van der Waals surface area contributed by atoms with Crippen LogP contribution >= 0.6 is 0 Å². The summed E-state index contributed by atoms with van der Waals surface area (Å²) in [4.78, 5) is 10.2. The van der Waals surface area contributed by atoms with Crippen molar-refractivity contribution in [2.45, 2.75) is 19.2 Å². The molecular weight excluding hydrogens is 211 g/mol. The highest BCUT2D eigenvalue weighted by Gasteiger charge is 2.31. The lowest BCUT2D eigenvalue weighted by atomic mass is 10.1. The average molecular weight is 219 g/mol. The normalized spacial score (nSPS) is 13.7. The zero-order valence-corrected chi connectivity index (χ0v) is 7.75. The Bertz CT molecular complexity index is 374. The van der Waals surface area contributed by atoms with Crippen molar-refractivity contribution in [3.63, 3.8) is 0 Å². The number of benzene rings is 1. The fourth-order valence-corrected chi connectivity index (χ4v) is 1.09. The van der Waals surface area contributed by atoms with Crippen molar-refractivity contribution in [2.75, 3.05) is 0 Å². The maximum absolute atomic E-state index is 12.3. The Labute approximate surface area is 83.5 Å². The van der Waals surface area contributed by atoms with Gasteiger partial charge in [0.1, 0.15) is 5.69 Å². The van der Waals surface area contributed by atoms with E-state index in [1.54, 1.807) is 0 Å². The number of nitroso groups, excluding NO2 is 1. The average Bonchev–Trinajstić information content (AvgIpc) is 2.15. The second kappa shape index (κ2) is 3.98. The van der Waals surface area contributed by atoms with Crippen molar-refractivity contribution < 1.29 is 18.3 Å². The van der Waals surface area contributed by atoms with Gasteiger partial charge in [-0.3, -0.25) is 0 Å². The molecule has 0 saturated heterocycles. The van der Waals surface area contributed by atoms with E-state index in [-0.39, 0.29) is 11.3 Å². The Hall–Kier alpha value is -1.43. The molecule has 3 nitrogen and oxygen atoms in total. The summed E-state index contributed by atoms with van der Waals surface area (Å²) in [5, 5.41) is 11.5. The van der Waals surface area contributed by atoms with Gasteiger partial charge in [-0.05, 0) is 35.9 Å². The fraction of sp³-hybridized carbons (Fsp3) is 0.333. The number of aliphatic hydroxyl groups excluding tert-OH is 1. The molecule has 1 atom stereocenters. The lowest BCUT2D eigenvalue weighted by Crippen LogP contribution is -2.06. The Morgan fingerprint density at radius 2 is 1.93 bits per heavy atom. The molecule has 0 amide bonds. The van der Waals surface area contributed by atoms with Gasteiger partial charge in [0, 0.05) is 0 Å². The van der Waals surface area contributed by atoms with Gasteiger partial charge < -0.3 is 5.11 Å². The molecule has 0 spiro atoms. The molecule has 0 bridgehead atoms. The molecule has 6 heteroatoms. The summed E-state index contributed by atoms with van der Waals surface area (Å²) in [6.45, 7) is 1.31. The molecule has 0 radical (unpaired) electrons. The van der Waals surface area contributed by atoms with Crippen LogP contribution in [0, 0.1) is 4.91 Å². The van der Waals surface area contributed by atoms with E-state index in [9.17, 15) is 18.1 Å². The number of hydrogen-bond donors (Lipinski definition) is 1. The highest BCUT2D eigenvalue weighted by atomic mass is 19.4. The minimum absolute atomic E-state index is 0.0134. The van der Waals surface area contributed by atoms with E-state index < -0.39 is 17.8 Å². The number of rotatable bonds is 2. The SMILES string of the molecule is CC(O)c1cc(N=O)cc(C(F)(F)F)c1. The summed E-state index contributed by atoms with van der Waals surface area (Å²) in [5.41, 5.74) is -1.32. The van der Waals surface area contributed by atoms with Crippen molar-refractivity contribution >= 4 is 5.69 Å². The zero-order chi connectivity index (χ0) is 11.6. The second-order valence-electron chi connectivity index (χ2n) is 3.08. The number of hydrogen-bond acceptors (Lipinski definition) is 3. The lowest BCUT2D eigenvalue weighted by Gasteiger charge is -2.10. The largest absolute Gasteiger partial charge is 0.416 e. The number of alkyl halides is 3. The Morgan fingerprint density at radius 1 is 1.33 bits per heavy atom. The lowest BCUT2D eigenvalue weighted by molar-refractivity contribution is -0.137. The molecular formula is C9H8F3NO2. The molecule has 1 unspecified atom stereocenters. The molecule has 0 heterocycles. The van der Waals surface area contributed by atoms with Crippen LogP contribution in [0.1, 0.15) is 24.2 Å². The van der Waals surface area contributed by atoms with E-state index in [0.29, 0.717) is 6.07 Å². The van der Waals surface area contributed by atoms with Crippen LogP contribution in [-0.2, 0) is 6.18 Å². The molecule has 1 aromatic rings. The molecule has 0 aliphatic heterocycles. The highest BCUT2D eigenvalue weighted by Crippen LogP contribution is 2.33. The first-order valence-electron chi connectivity index (χ1n) is 4.08. The summed E-state index contributed by atoms with van der Waals surface area (Å²) in [6.07, 6.45) is -5.63. The summed E-state index contributed by atoms with van der Waals surface area (Å²) in [6, 6.07) is 2.55. The molecule has 0 saturated carbocycles. The van der Waals surface area contributed by atoms with Gasteiger partial charge in [-0.25, -0.2) is 0 Å². The maximum Gasteiger partial charge on any atom is 0.416 e. The monoisotopic (exact) mass is 219 g/mol. The van der Waals surface area contributed by atoms with Gasteiger partial charge in [-0.15, -0.1) is 4.91 Å². The molecule has 82 valence electrons. The van der Waals surface area contributed by atoms with Crippen LogP contribution in [-0.4, -0.2) is 5.11 Å². The van der Waals surface area contributed by atoms with Crippen LogP contribution in [0.4, 0.5) is 18.9 Å². The van der Waals surface area contributed by atoms with Gasteiger partial charge in [-0.1, -0.05) is 0 Å². The van der Waals surface area contributed by atoms with Gasteiger partial charge >= 0.3 is 6.18 Å². The fourth-order valence-electron chi connectivity index (χ4n) is 1.09. The van der Waals surface area contributed by atoms with Gasteiger partial charge in [0.2, 0.25) is 0 Å². The second-order valence-corrected chi connectivity index (χ2v) is 3.08. The van der Waals surface area contributed by atoms with E-state index in [1.807, 2.05) is 0 Å². The van der Waals surface area contributed by atoms with Crippen molar-refractivity contribution in [2.24, 2.45) is 5.18 Å². The third-order valence-electron chi connectivity index (χ3n) is 1.86. The van der Waals surface area contributed by atoms with Gasteiger partial charge in [0.15, 0.2) is 0 Å². The first kappa shape index (κ1) is 11.6. The van der Waals surface area contributed by atoms with Crippen LogP contribution in [0.25, 0.3) is 0 Å². The van der Waals surface area contributed by atoms with Crippen molar-refractivity contribution in [1.29, 1.82) is 0 Å². The molecule has 0 aliphatic carbocycles. The Balaban J connectivity index is 3.29. The molecule has 0 fully saturated rings. The van der Waals surface area contributed by atoms with Crippen molar-refractivity contribution in [1.82, 2.24) is 0 Å². The maximum atomic E-state index is 12.3. The minimum atomic E-state index is -4.55. The number of halogens is 3. The van der Waals surface area contributed by atoms with Gasteiger partial charge in [0.25, 0.3) is 0 Å². The molecule has 1 N–H and O–H groups in total. The first-order chi connectivity index (χ1) is 6.84. The summed E-state index contributed by atoms with van der Waals surface area (Å²) >= 11 is 0. The molecule has 1 rings (SSSR count). The summed E-state index contributed by atoms with van der Waals surface area (Å²) < 4.78 is 37.0. The molecule has 15 heavy (non-hydrogen) atoms. The minimum Gasteiger partial charge on any atom is -0.389 e. The molecule has 0 aliphatic rings. The molecule has 1 aromatic carbocycles. The topological polar surface area (TPSA) is 49.7 Å². The van der Waals surface area contributed by atoms with E-state index >= 15 is 0 Å². The quantitative estimate of drug-likeness (QED) is 0.776. The van der Waals surface area contributed by atoms with E-state index in [2.05, 4.69) is 5.18 Å². The summed E-state index contributed by atoms with van der Waals surface area (Å²) in [5.74, 6) is 0. The zero-order valence-electron chi connectivity index (χ0n) is 7.75. The van der Waals surface area contributed by atoms with Crippen molar-refractivity contribution in [3.05, 3.63) is 34.2 Å². The Morgan fingerprint density at radius 3 is 2.33 bits per heavy atom. The summed E-state index contributed by atoms with van der Waals surface area (Å²) in [7, 11) is 0. The molecule has 0 aromatic heterocycles. The van der Waals surface area contributed by atoms with Crippen LogP contribution < -0.4 is 0 Å². The predicted octanol–water partition coefficient (Wildman–Crippen LogP) is 3.16. The van der Waals surface area contributed by atoms with E-state index in [1.165, 1.54) is 6.92 Å². The highest BCUT2D eigenvalue weighted by molar-refractivity contribution is 5.45. The number of aliphatic hydroxyl groups is 1. The number of nitrogens with zero attached hydrogens (tertiary/aromatic N) is 1. The van der Waals surface area contributed by atoms with Crippen LogP contribution in [0.3, 0.4) is 0 Å². The van der Waals surface area contributed by atoms with Crippen LogP contribution in [0.5, 0.6) is 0 Å². The van der Waals surface area contributed by atoms with E-state index in [4.69, 9.17) is 5.11 Å². The van der Waals surface area contributed by atoms with Crippen molar-refractivity contribution in [3.8, 4) is 0 Å². The third kappa shape index (κ3) is 2.76. The Kier molecular flexibility index (Phi) is 3.09. The standard InChI is InChI=1S/C9H8F3NO2/c1-5(14)6-2-7(9(10,11)12)4-8(3-6)13-15/h2-5,14H,1H3. The smallest absolute Gasteiger partial charge is 0.389 e. The van der Waals surface area contributed by atoms with Gasteiger partial charge in [0.05, 0.1) is 11.7 Å². The first-order valence-corrected chi connectivity index (χ1v) is 4.08. The van der Waals surface area contributed by atoms with Gasteiger partial charge in [-0.2, -0.15) is 13.2 Å². The van der Waals surface area contributed by atoms with Crippen LogP contribution in [0.15, 0.2) is 23.4 Å². The third-order valence-corrected chi connectivity index (χ3v) is 1.86. The van der Waals surface area contributed by atoms with E-state index in [0.717, 1.165) is 12.1 Å². The predicted molar refractivity (Wildman–Crippen MR) is 47.5 cm³/mol.